The smallest absolute Gasteiger partial charge is 0.201 e. The zero-order valence-electron chi connectivity index (χ0n) is 5.17. The summed E-state index contributed by atoms with van der Waals surface area (Å²) in [5.41, 5.74) is 1.11. The molecule has 0 unspecified atom stereocenters. The minimum Gasteiger partial charge on any atom is -0.263 e. The summed E-state index contributed by atoms with van der Waals surface area (Å²) in [5.74, 6) is 0. The fourth-order valence-corrected chi connectivity index (χ4v) is 1.19. The van der Waals surface area contributed by atoms with Gasteiger partial charge in [0, 0.05) is 0 Å². The maximum Gasteiger partial charge on any atom is 0.201 e. The predicted octanol–water partition coefficient (Wildman–Crippen LogP) is 1.77. The third kappa shape index (κ3) is 1.10. The van der Waals surface area contributed by atoms with E-state index >= 15 is 0 Å². The number of hydrogen-bond donors (Lipinski definition) is 1. The Kier molecular flexibility index (Phi) is 1.54. The summed E-state index contributed by atoms with van der Waals surface area (Å²) in [4.78, 5) is 8.03. The lowest BCUT2D eigenvalue weighted by atomic mass is 10.6. The van der Waals surface area contributed by atoms with Crippen molar-refractivity contribution in [2.45, 2.75) is 0 Å². The van der Waals surface area contributed by atoms with Gasteiger partial charge in [0.2, 0.25) is 5.65 Å². The van der Waals surface area contributed by atoms with Gasteiger partial charge in [-0.2, -0.15) is 5.10 Å². The number of aromatic amines is 1. The number of fused-ring (bicyclic) bond motifs is 1. The molecule has 0 saturated carbocycles. The highest BCUT2D eigenvalue weighted by atomic mass is 79.9. The molecule has 0 aromatic carbocycles. The van der Waals surface area contributed by atoms with Crippen LogP contribution in [0, 0.1) is 0 Å². The van der Waals surface area contributed by atoms with E-state index in [2.05, 4.69) is 36.1 Å². The maximum atomic E-state index is 5.70. The summed E-state index contributed by atoms with van der Waals surface area (Å²) in [6.45, 7) is 0. The third-order valence-electron chi connectivity index (χ3n) is 1.19. The molecule has 0 aliphatic rings. The van der Waals surface area contributed by atoms with Crippen molar-refractivity contribution in [1.29, 1.82) is 0 Å². The Morgan fingerprint density at radius 1 is 1.55 bits per heavy atom. The van der Waals surface area contributed by atoms with Crippen LogP contribution in [0.15, 0.2) is 10.8 Å². The lowest BCUT2D eigenvalue weighted by Gasteiger charge is -1.87. The van der Waals surface area contributed by atoms with Crippen LogP contribution in [0.3, 0.4) is 0 Å². The Hall–Kier alpha value is -0.680. The maximum absolute atomic E-state index is 5.70. The molecule has 0 spiro atoms. The number of rotatable bonds is 0. The average Bonchev–Trinajstić information content (AvgIpc) is 2.33. The Bertz CT molecular complexity index is 398. The highest BCUT2D eigenvalue weighted by Crippen LogP contribution is 2.17. The molecule has 0 saturated heterocycles. The number of aromatic nitrogens is 4. The van der Waals surface area contributed by atoms with Crippen LogP contribution in [0.25, 0.3) is 11.2 Å². The molecule has 0 atom stereocenters. The number of nitrogens with zero attached hydrogens (tertiary/aromatic N) is 3. The highest BCUT2D eigenvalue weighted by molar-refractivity contribution is 9.10. The first-order chi connectivity index (χ1) is 5.27. The lowest BCUT2D eigenvalue weighted by molar-refractivity contribution is 1.09. The quantitative estimate of drug-likeness (QED) is 0.754. The molecule has 6 heteroatoms. The van der Waals surface area contributed by atoms with E-state index < -0.39 is 0 Å². The normalized spacial score (nSPS) is 10.7. The summed E-state index contributed by atoms with van der Waals surface area (Å²) in [6.07, 6.45) is 1.57. The molecule has 0 radical (unpaired) electrons. The number of nitrogens with one attached hydrogen (secondary N) is 1. The molecule has 2 aromatic rings. The fourth-order valence-electron chi connectivity index (χ4n) is 0.745. The molecule has 11 heavy (non-hydrogen) atoms. The average molecular weight is 233 g/mol. The van der Waals surface area contributed by atoms with Gasteiger partial charge < -0.3 is 0 Å². The molecule has 1 N–H and O–H groups in total. The monoisotopic (exact) mass is 232 g/mol. The summed E-state index contributed by atoms with van der Waals surface area (Å²) >= 11 is 8.88. The molecule has 0 aliphatic heterocycles. The first-order valence-electron chi connectivity index (χ1n) is 2.79. The SMILES string of the molecule is Clc1[nH]nc2ncc(Br)nc12. The molecular weight excluding hydrogens is 231 g/mol. The van der Waals surface area contributed by atoms with E-state index in [1.165, 1.54) is 0 Å². The molecule has 56 valence electrons. The molecule has 0 bridgehead atoms. The van der Waals surface area contributed by atoms with E-state index in [0.29, 0.717) is 20.9 Å². The van der Waals surface area contributed by atoms with Crippen LogP contribution in [0.4, 0.5) is 0 Å². The minimum absolute atomic E-state index is 0.411. The van der Waals surface area contributed by atoms with Gasteiger partial charge in [-0.25, -0.2) is 9.97 Å². The fraction of sp³-hybridized carbons (Fsp3) is 0. The van der Waals surface area contributed by atoms with Crippen LogP contribution >= 0.6 is 27.5 Å². The minimum atomic E-state index is 0.411. The number of hydrogen-bond acceptors (Lipinski definition) is 3. The van der Waals surface area contributed by atoms with Gasteiger partial charge in [-0.1, -0.05) is 11.6 Å². The topological polar surface area (TPSA) is 54.5 Å². The molecule has 2 aromatic heterocycles. The molecule has 0 aliphatic carbocycles. The van der Waals surface area contributed by atoms with E-state index in [0.717, 1.165) is 0 Å². The third-order valence-corrected chi connectivity index (χ3v) is 1.84. The molecule has 0 fully saturated rings. The Morgan fingerprint density at radius 3 is 3.18 bits per heavy atom. The second-order valence-electron chi connectivity index (χ2n) is 1.90. The molecule has 0 amide bonds. The van der Waals surface area contributed by atoms with Crippen molar-refractivity contribution in [3.63, 3.8) is 0 Å². The number of H-pyrrole nitrogens is 1. The van der Waals surface area contributed by atoms with Crippen molar-refractivity contribution in [2.24, 2.45) is 0 Å². The van der Waals surface area contributed by atoms with Gasteiger partial charge in [0.1, 0.15) is 10.1 Å². The lowest BCUT2D eigenvalue weighted by Crippen LogP contribution is -1.80. The molecule has 2 heterocycles. The number of halogens is 2. The molecular formula is C5H2BrClN4. The molecule has 4 nitrogen and oxygen atoms in total. The van der Waals surface area contributed by atoms with Crippen molar-refractivity contribution < 1.29 is 0 Å². The highest BCUT2D eigenvalue weighted by Gasteiger charge is 2.04. The van der Waals surface area contributed by atoms with Crippen molar-refractivity contribution >= 4 is 38.7 Å². The first kappa shape index (κ1) is 7.00. The summed E-state index contributed by atoms with van der Waals surface area (Å²) in [5, 5.41) is 6.79. The van der Waals surface area contributed by atoms with Crippen molar-refractivity contribution in [3.05, 3.63) is 16.0 Å². The van der Waals surface area contributed by atoms with Gasteiger partial charge in [-0.05, 0) is 15.9 Å². The van der Waals surface area contributed by atoms with Crippen LogP contribution in [0.5, 0.6) is 0 Å². The van der Waals surface area contributed by atoms with Crippen LogP contribution in [0.1, 0.15) is 0 Å². The summed E-state index contributed by atoms with van der Waals surface area (Å²) < 4.78 is 0.647. The van der Waals surface area contributed by atoms with Crippen molar-refractivity contribution in [3.8, 4) is 0 Å². The van der Waals surface area contributed by atoms with Gasteiger partial charge in [0.25, 0.3) is 0 Å². The van der Waals surface area contributed by atoms with Gasteiger partial charge in [-0.15, -0.1) is 0 Å². The summed E-state index contributed by atoms with van der Waals surface area (Å²) in [7, 11) is 0. The van der Waals surface area contributed by atoms with E-state index in [9.17, 15) is 0 Å². The van der Waals surface area contributed by atoms with Crippen molar-refractivity contribution in [2.75, 3.05) is 0 Å². The van der Waals surface area contributed by atoms with Crippen LogP contribution in [-0.4, -0.2) is 20.2 Å². The second kappa shape index (κ2) is 2.42. The van der Waals surface area contributed by atoms with Crippen LogP contribution in [-0.2, 0) is 0 Å². The van der Waals surface area contributed by atoms with Gasteiger partial charge in [-0.3, -0.25) is 5.10 Å². The van der Waals surface area contributed by atoms with E-state index in [1.807, 2.05) is 0 Å². The Labute approximate surface area is 75.1 Å². The Balaban J connectivity index is 2.87. The van der Waals surface area contributed by atoms with Gasteiger partial charge >= 0.3 is 0 Å². The van der Waals surface area contributed by atoms with Crippen LogP contribution in [0.2, 0.25) is 5.15 Å². The Morgan fingerprint density at radius 2 is 2.36 bits per heavy atom. The van der Waals surface area contributed by atoms with Crippen molar-refractivity contribution in [1.82, 2.24) is 20.2 Å². The predicted molar refractivity (Wildman–Crippen MR) is 44.4 cm³/mol. The second-order valence-corrected chi connectivity index (χ2v) is 3.09. The van der Waals surface area contributed by atoms with E-state index in [4.69, 9.17) is 11.6 Å². The van der Waals surface area contributed by atoms with E-state index in [1.54, 1.807) is 6.20 Å². The molecule has 2 rings (SSSR count). The van der Waals surface area contributed by atoms with E-state index in [-0.39, 0.29) is 0 Å². The first-order valence-corrected chi connectivity index (χ1v) is 3.96. The zero-order valence-corrected chi connectivity index (χ0v) is 7.52. The van der Waals surface area contributed by atoms with Gasteiger partial charge in [0.05, 0.1) is 6.20 Å². The summed E-state index contributed by atoms with van der Waals surface area (Å²) in [6, 6.07) is 0. The largest absolute Gasteiger partial charge is 0.263 e. The zero-order chi connectivity index (χ0) is 7.84. The van der Waals surface area contributed by atoms with Crippen LogP contribution < -0.4 is 0 Å². The standard InChI is InChI=1S/C5H2BrClN4/c6-2-1-8-5-3(9-2)4(7)10-11-5/h1H,(H,8,10,11). The van der Waals surface area contributed by atoms with Gasteiger partial charge in [0.15, 0.2) is 5.15 Å².